The molecule has 0 atom stereocenters. The van der Waals surface area contributed by atoms with E-state index in [0.29, 0.717) is 28.9 Å². The molecule has 0 radical (unpaired) electrons. The molecule has 1 amide bonds. The van der Waals surface area contributed by atoms with Crippen LogP contribution in [0.5, 0.6) is 0 Å². The molecule has 1 aliphatic carbocycles. The van der Waals surface area contributed by atoms with E-state index in [2.05, 4.69) is 15.3 Å². The third-order valence-electron chi connectivity index (χ3n) is 4.07. The summed E-state index contributed by atoms with van der Waals surface area (Å²) < 4.78 is 0. The van der Waals surface area contributed by atoms with Gasteiger partial charge in [-0.25, -0.2) is 0 Å². The quantitative estimate of drug-likeness (QED) is 0.886. The van der Waals surface area contributed by atoms with Gasteiger partial charge < -0.3 is 5.32 Å². The molecular formula is C16H18ClN3O. The van der Waals surface area contributed by atoms with Crippen molar-refractivity contribution < 1.29 is 4.79 Å². The fraction of sp³-hybridized carbons (Fsp3) is 0.438. The highest BCUT2D eigenvalue weighted by Gasteiger charge is 2.20. The molecule has 1 N–H and O–H groups in total. The maximum Gasteiger partial charge on any atom is 0.253 e. The SMILES string of the molecule is O=C(NCC1CCC(Cl)CC1)c1cccc2nccnc12. The van der Waals surface area contributed by atoms with Gasteiger partial charge in [0, 0.05) is 24.3 Å². The number of rotatable bonds is 3. The van der Waals surface area contributed by atoms with Crippen molar-refractivity contribution in [3.8, 4) is 0 Å². The number of benzene rings is 1. The molecule has 21 heavy (non-hydrogen) atoms. The smallest absolute Gasteiger partial charge is 0.253 e. The number of nitrogens with zero attached hydrogens (tertiary/aromatic N) is 2. The minimum absolute atomic E-state index is 0.0749. The van der Waals surface area contributed by atoms with E-state index in [1.807, 2.05) is 12.1 Å². The molecule has 0 spiro atoms. The molecule has 0 unspecified atom stereocenters. The molecular weight excluding hydrogens is 286 g/mol. The number of aromatic nitrogens is 2. The van der Waals surface area contributed by atoms with Gasteiger partial charge in [0.25, 0.3) is 5.91 Å². The van der Waals surface area contributed by atoms with Crippen LogP contribution in [0.2, 0.25) is 0 Å². The van der Waals surface area contributed by atoms with Crippen LogP contribution in [-0.4, -0.2) is 27.8 Å². The number of halogens is 1. The summed E-state index contributed by atoms with van der Waals surface area (Å²) in [5, 5.41) is 3.34. The zero-order valence-electron chi connectivity index (χ0n) is 11.8. The van der Waals surface area contributed by atoms with Crippen molar-refractivity contribution in [2.24, 2.45) is 5.92 Å². The molecule has 1 aromatic carbocycles. The van der Waals surface area contributed by atoms with E-state index in [-0.39, 0.29) is 5.91 Å². The minimum atomic E-state index is -0.0749. The highest BCUT2D eigenvalue weighted by atomic mass is 35.5. The molecule has 1 aromatic heterocycles. The lowest BCUT2D eigenvalue weighted by Gasteiger charge is -2.25. The van der Waals surface area contributed by atoms with Crippen LogP contribution in [0.1, 0.15) is 36.0 Å². The van der Waals surface area contributed by atoms with E-state index < -0.39 is 0 Å². The first-order valence-electron chi connectivity index (χ1n) is 7.36. The summed E-state index contributed by atoms with van der Waals surface area (Å²) >= 11 is 6.10. The Bertz CT molecular complexity index is 633. The van der Waals surface area contributed by atoms with Gasteiger partial charge >= 0.3 is 0 Å². The first-order valence-corrected chi connectivity index (χ1v) is 7.79. The Kier molecular flexibility index (Phi) is 4.34. The van der Waals surface area contributed by atoms with Gasteiger partial charge in [-0.3, -0.25) is 14.8 Å². The number of nitrogens with one attached hydrogen (secondary N) is 1. The summed E-state index contributed by atoms with van der Waals surface area (Å²) in [6, 6.07) is 5.49. The lowest BCUT2D eigenvalue weighted by Crippen LogP contribution is -2.31. The largest absolute Gasteiger partial charge is 0.352 e. The third-order valence-corrected chi connectivity index (χ3v) is 4.51. The van der Waals surface area contributed by atoms with Crippen LogP contribution in [0, 0.1) is 5.92 Å². The average Bonchev–Trinajstić information content (AvgIpc) is 2.53. The van der Waals surface area contributed by atoms with Gasteiger partial charge in [0.1, 0.15) is 5.52 Å². The van der Waals surface area contributed by atoms with Crippen LogP contribution < -0.4 is 5.32 Å². The first-order chi connectivity index (χ1) is 10.2. The van der Waals surface area contributed by atoms with Crippen molar-refractivity contribution in [1.29, 1.82) is 0 Å². The zero-order valence-corrected chi connectivity index (χ0v) is 12.5. The lowest BCUT2D eigenvalue weighted by atomic mass is 9.89. The van der Waals surface area contributed by atoms with E-state index in [0.717, 1.165) is 31.2 Å². The molecule has 1 aliphatic rings. The highest BCUT2D eigenvalue weighted by Crippen LogP contribution is 2.27. The van der Waals surface area contributed by atoms with E-state index in [4.69, 9.17) is 11.6 Å². The van der Waals surface area contributed by atoms with Crippen LogP contribution in [-0.2, 0) is 0 Å². The van der Waals surface area contributed by atoms with Crippen LogP contribution in [0.3, 0.4) is 0 Å². The summed E-state index contributed by atoms with van der Waals surface area (Å²) in [6.45, 7) is 0.707. The minimum Gasteiger partial charge on any atom is -0.352 e. The Balaban J connectivity index is 1.67. The molecule has 4 nitrogen and oxygen atoms in total. The Morgan fingerprint density at radius 2 is 1.95 bits per heavy atom. The maximum atomic E-state index is 12.4. The molecule has 1 fully saturated rings. The molecule has 5 heteroatoms. The number of alkyl halides is 1. The van der Waals surface area contributed by atoms with E-state index in [1.54, 1.807) is 18.5 Å². The summed E-state index contributed by atoms with van der Waals surface area (Å²) in [4.78, 5) is 20.9. The average molecular weight is 304 g/mol. The molecule has 110 valence electrons. The molecule has 0 saturated heterocycles. The van der Waals surface area contributed by atoms with Crippen molar-refractivity contribution in [2.75, 3.05) is 6.54 Å². The fourth-order valence-electron chi connectivity index (χ4n) is 2.83. The van der Waals surface area contributed by atoms with Crippen molar-refractivity contribution >= 4 is 28.5 Å². The predicted molar refractivity (Wildman–Crippen MR) is 83.5 cm³/mol. The van der Waals surface area contributed by atoms with Gasteiger partial charge in [-0.2, -0.15) is 0 Å². The number of amides is 1. The Morgan fingerprint density at radius 3 is 2.76 bits per heavy atom. The molecule has 0 bridgehead atoms. The number of carbonyl (C=O) groups is 1. The van der Waals surface area contributed by atoms with Crippen molar-refractivity contribution in [3.63, 3.8) is 0 Å². The topological polar surface area (TPSA) is 54.9 Å². The number of fused-ring (bicyclic) bond motifs is 1. The van der Waals surface area contributed by atoms with Crippen molar-refractivity contribution in [2.45, 2.75) is 31.1 Å². The van der Waals surface area contributed by atoms with E-state index in [1.165, 1.54) is 0 Å². The van der Waals surface area contributed by atoms with Gasteiger partial charge in [0.15, 0.2) is 0 Å². The van der Waals surface area contributed by atoms with Gasteiger partial charge in [0.05, 0.1) is 11.1 Å². The Morgan fingerprint density at radius 1 is 1.19 bits per heavy atom. The lowest BCUT2D eigenvalue weighted by molar-refractivity contribution is 0.0945. The normalized spacial score (nSPS) is 22.1. The van der Waals surface area contributed by atoms with Crippen molar-refractivity contribution in [3.05, 3.63) is 36.2 Å². The second-order valence-corrected chi connectivity index (χ2v) is 6.17. The summed E-state index contributed by atoms with van der Waals surface area (Å²) in [5.41, 5.74) is 1.99. The van der Waals surface area contributed by atoms with Crippen LogP contribution in [0.4, 0.5) is 0 Å². The third kappa shape index (κ3) is 3.32. The Labute approximate surface area is 128 Å². The molecule has 1 heterocycles. The van der Waals surface area contributed by atoms with E-state index in [9.17, 15) is 4.79 Å². The van der Waals surface area contributed by atoms with Gasteiger partial charge in [-0.15, -0.1) is 11.6 Å². The molecule has 3 rings (SSSR count). The second-order valence-electron chi connectivity index (χ2n) is 5.56. The van der Waals surface area contributed by atoms with Crippen LogP contribution in [0.15, 0.2) is 30.6 Å². The fourth-order valence-corrected chi connectivity index (χ4v) is 3.09. The maximum absolute atomic E-state index is 12.4. The molecule has 1 saturated carbocycles. The van der Waals surface area contributed by atoms with Gasteiger partial charge in [0.2, 0.25) is 0 Å². The van der Waals surface area contributed by atoms with Crippen LogP contribution in [0.25, 0.3) is 11.0 Å². The van der Waals surface area contributed by atoms with Crippen molar-refractivity contribution in [1.82, 2.24) is 15.3 Å². The van der Waals surface area contributed by atoms with Gasteiger partial charge in [-0.1, -0.05) is 6.07 Å². The predicted octanol–water partition coefficient (Wildman–Crippen LogP) is 3.16. The van der Waals surface area contributed by atoms with Crippen LogP contribution >= 0.6 is 11.6 Å². The summed E-state index contributed by atoms with van der Waals surface area (Å²) in [5.74, 6) is 0.458. The van der Waals surface area contributed by atoms with Gasteiger partial charge in [-0.05, 0) is 43.7 Å². The summed E-state index contributed by atoms with van der Waals surface area (Å²) in [6.07, 6.45) is 7.51. The zero-order chi connectivity index (χ0) is 14.7. The second kappa shape index (κ2) is 6.39. The Hall–Kier alpha value is -1.68. The summed E-state index contributed by atoms with van der Waals surface area (Å²) in [7, 11) is 0. The number of para-hydroxylation sites is 1. The number of hydrogen-bond donors (Lipinski definition) is 1. The number of carbonyl (C=O) groups excluding carboxylic acids is 1. The monoisotopic (exact) mass is 303 g/mol. The number of hydrogen-bond acceptors (Lipinski definition) is 3. The first kappa shape index (κ1) is 14.3. The standard InChI is InChI=1S/C16H18ClN3O/c17-12-6-4-11(5-7-12)10-20-16(21)13-2-1-3-14-15(13)19-9-8-18-14/h1-3,8-9,11-12H,4-7,10H2,(H,20,21). The highest BCUT2D eigenvalue weighted by molar-refractivity contribution is 6.20. The van der Waals surface area contributed by atoms with E-state index >= 15 is 0 Å². The molecule has 0 aliphatic heterocycles. The molecule has 2 aromatic rings.